The molecule has 0 saturated heterocycles. The van der Waals surface area contributed by atoms with Crippen LogP contribution < -0.4 is 0 Å². The number of hydrogen-bond donors (Lipinski definition) is 0. The second kappa shape index (κ2) is 5.03. The lowest BCUT2D eigenvalue weighted by Crippen LogP contribution is -2.20. The molecular formula is C16H24. The molecule has 0 bridgehead atoms. The summed E-state index contributed by atoms with van der Waals surface area (Å²) in [7, 11) is 0. The highest BCUT2D eigenvalue weighted by Gasteiger charge is 2.29. The minimum absolute atomic E-state index is 0.436. The molecule has 0 radical (unpaired) electrons. The summed E-state index contributed by atoms with van der Waals surface area (Å²) >= 11 is 0. The van der Waals surface area contributed by atoms with Crippen LogP contribution in [0.4, 0.5) is 0 Å². The largest absolute Gasteiger partial charge is 0.0651 e. The van der Waals surface area contributed by atoms with Crippen LogP contribution >= 0.6 is 0 Å². The van der Waals surface area contributed by atoms with Crippen LogP contribution in [-0.2, 0) is 5.41 Å². The van der Waals surface area contributed by atoms with Crippen molar-refractivity contribution >= 4 is 0 Å². The van der Waals surface area contributed by atoms with Crippen molar-refractivity contribution in [2.24, 2.45) is 5.92 Å². The zero-order chi connectivity index (χ0) is 11.4. The molecule has 2 atom stereocenters. The molecule has 1 fully saturated rings. The molecule has 0 heterocycles. The Morgan fingerprint density at radius 1 is 1.12 bits per heavy atom. The van der Waals surface area contributed by atoms with Gasteiger partial charge >= 0.3 is 0 Å². The third-order valence-corrected chi connectivity index (χ3v) is 4.49. The van der Waals surface area contributed by atoms with Gasteiger partial charge in [0.15, 0.2) is 0 Å². The van der Waals surface area contributed by atoms with Gasteiger partial charge in [0.25, 0.3) is 0 Å². The molecule has 1 aliphatic rings. The summed E-state index contributed by atoms with van der Waals surface area (Å²) in [4.78, 5) is 0. The lowest BCUT2D eigenvalue weighted by atomic mass is 9.76. The molecule has 0 spiro atoms. The van der Waals surface area contributed by atoms with E-state index in [0.717, 1.165) is 5.92 Å². The summed E-state index contributed by atoms with van der Waals surface area (Å²) in [5, 5.41) is 0. The maximum absolute atomic E-state index is 2.46. The molecule has 2 unspecified atom stereocenters. The van der Waals surface area contributed by atoms with Crippen LogP contribution in [-0.4, -0.2) is 0 Å². The van der Waals surface area contributed by atoms with Crippen LogP contribution in [0.15, 0.2) is 30.3 Å². The molecule has 2 rings (SSSR count). The quantitative estimate of drug-likeness (QED) is 0.615. The minimum Gasteiger partial charge on any atom is -0.0651 e. The first kappa shape index (κ1) is 11.7. The molecule has 0 aromatic heterocycles. The first-order valence-corrected chi connectivity index (χ1v) is 6.80. The highest BCUT2D eigenvalue weighted by molar-refractivity contribution is 5.24. The van der Waals surface area contributed by atoms with Crippen molar-refractivity contribution in [3.63, 3.8) is 0 Å². The number of benzene rings is 1. The summed E-state index contributed by atoms with van der Waals surface area (Å²) in [6.07, 6.45) is 8.37. The third-order valence-electron chi connectivity index (χ3n) is 4.49. The van der Waals surface area contributed by atoms with Crippen molar-refractivity contribution in [1.29, 1.82) is 0 Å². The van der Waals surface area contributed by atoms with Crippen LogP contribution in [0.2, 0.25) is 0 Å². The van der Waals surface area contributed by atoms with Crippen LogP contribution in [0.5, 0.6) is 0 Å². The molecule has 0 amide bonds. The monoisotopic (exact) mass is 216 g/mol. The Kier molecular flexibility index (Phi) is 3.68. The van der Waals surface area contributed by atoms with Crippen LogP contribution in [0, 0.1) is 5.92 Å². The van der Waals surface area contributed by atoms with Crippen molar-refractivity contribution in [3.8, 4) is 0 Å². The standard InChI is InChI=1S/C16H24/c1-3-14-8-7-12-16(2,13-11-14)15-9-5-4-6-10-15/h4-6,9-10,14H,3,7-8,11-13H2,1-2H3. The van der Waals surface area contributed by atoms with Gasteiger partial charge in [-0.15, -0.1) is 0 Å². The lowest BCUT2D eigenvalue weighted by Gasteiger charge is -2.29. The maximum Gasteiger partial charge on any atom is -0.00751 e. The Morgan fingerprint density at radius 2 is 1.88 bits per heavy atom. The van der Waals surface area contributed by atoms with Crippen molar-refractivity contribution in [1.82, 2.24) is 0 Å². The van der Waals surface area contributed by atoms with E-state index < -0.39 is 0 Å². The first-order chi connectivity index (χ1) is 7.74. The maximum atomic E-state index is 2.46. The molecule has 88 valence electrons. The van der Waals surface area contributed by atoms with Gasteiger partial charge in [0.2, 0.25) is 0 Å². The van der Waals surface area contributed by atoms with Gasteiger partial charge in [-0.1, -0.05) is 63.4 Å². The Hall–Kier alpha value is -0.780. The van der Waals surface area contributed by atoms with Crippen molar-refractivity contribution in [2.75, 3.05) is 0 Å². The fraction of sp³-hybridized carbons (Fsp3) is 0.625. The van der Waals surface area contributed by atoms with Gasteiger partial charge < -0.3 is 0 Å². The second-order valence-corrected chi connectivity index (χ2v) is 5.63. The predicted octanol–water partition coefficient (Wildman–Crippen LogP) is 4.93. The number of hydrogen-bond acceptors (Lipinski definition) is 0. The average molecular weight is 216 g/mol. The van der Waals surface area contributed by atoms with E-state index in [1.54, 1.807) is 5.56 Å². The zero-order valence-corrected chi connectivity index (χ0v) is 10.7. The molecule has 1 aromatic carbocycles. The normalized spacial score (nSPS) is 31.0. The van der Waals surface area contributed by atoms with E-state index in [1.165, 1.54) is 38.5 Å². The fourth-order valence-corrected chi connectivity index (χ4v) is 3.11. The predicted molar refractivity (Wildman–Crippen MR) is 70.7 cm³/mol. The van der Waals surface area contributed by atoms with E-state index in [4.69, 9.17) is 0 Å². The van der Waals surface area contributed by atoms with E-state index in [9.17, 15) is 0 Å². The summed E-state index contributed by atoms with van der Waals surface area (Å²) in [6, 6.07) is 11.1. The lowest BCUT2D eigenvalue weighted by molar-refractivity contribution is 0.390. The van der Waals surface area contributed by atoms with E-state index in [2.05, 4.69) is 44.2 Å². The Bertz CT molecular complexity index is 314. The topological polar surface area (TPSA) is 0 Å². The Balaban J connectivity index is 2.13. The number of rotatable bonds is 2. The van der Waals surface area contributed by atoms with Gasteiger partial charge in [-0.25, -0.2) is 0 Å². The molecule has 0 aliphatic heterocycles. The van der Waals surface area contributed by atoms with Gasteiger partial charge in [0.05, 0.1) is 0 Å². The van der Waals surface area contributed by atoms with Gasteiger partial charge in [0, 0.05) is 0 Å². The second-order valence-electron chi connectivity index (χ2n) is 5.63. The molecule has 16 heavy (non-hydrogen) atoms. The van der Waals surface area contributed by atoms with Crippen molar-refractivity contribution < 1.29 is 0 Å². The smallest absolute Gasteiger partial charge is 0.00751 e. The summed E-state index contributed by atoms with van der Waals surface area (Å²) in [6.45, 7) is 4.80. The van der Waals surface area contributed by atoms with Gasteiger partial charge in [0.1, 0.15) is 0 Å². The van der Waals surface area contributed by atoms with Gasteiger partial charge in [-0.05, 0) is 36.2 Å². The first-order valence-electron chi connectivity index (χ1n) is 6.80. The Labute approximate surface area is 100 Å². The van der Waals surface area contributed by atoms with Crippen LogP contribution in [0.3, 0.4) is 0 Å². The highest BCUT2D eigenvalue weighted by atomic mass is 14.3. The van der Waals surface area contributed by atoms with E-state index in [0.29, 0.717) is 5.41 Å². The minimum atomic E-state index is 0.436. The third kappa shape index (κ3) is 2.48. The average Bonchev–Trinajstić information content (AvgIpc) is 2.53. The summed E-state index contributed by atoms with van der Waals surface area (Å²) in [5.74, 6) is 0.977. The van der Waals surface area contributed by atoms with E-state index >= 15 is 0 Å². The fourth-order valence-electron chi connectivity index (χ4n) is 3.11. The summed E-state index contributed by atoms with van der Waals surface area (Å²) < 4.78 is 0. The summed E-state index contributed by atoms with van der Waals surface area (Å²) in [5.41, 5.74) is 1.98. The van der Waals surface area contributed by atoms with E-state index in [-0.39, 0.29) is 0 Å². The molecule has 1 saturated carbocycles. The molecular weight excluding hydrogens is 192 g/mol. The van der Waals surface area contributed by atoms with Gasteiger partial charge in [-0.3, -0.25) is 0 Å². The van der Waals surface area contributed by atoms with Gasteiger partial charge in [-0.2, -0.15) is 0 Å². The Morgan fingerprint density at radius 3 is 2.56 bits per heavy atom. The van der Waals surface area contributed by atoms with Crippen molar-refractivity contribution in [3.05, 3.63) is 35.9 Å². The molecule has 1 aromatic rings. The molecule has 1 aliphatic carbocycles. The van der Waals surface area contributed by atoms with Crippen LogP contribution in [0.1, 0.15) is 57.9 Å². The molecule has 0 heteroatoms. The van der Waals surface area contributed by atoms with E-state index in [1.807, 2.05) is 0 Å². The molecule has 0 N–H and O–H groups in total. The zero-order valence-electron chi connectivity index (χ0n) is 10.7. The van der Waals surface area contributed by atoms with Crippen molar-refractivity contribution in [2.45, 2.75) is 57.8 Å². The SMILES string of the molecule is CCC1CCCC(C)(c2ccccc2)CC1. The van der Waals surface area contributed by atoms with Crippen LogP contribution in [0.25, 0.3) is 0 Å². The molecule has 0 nitrogen and oxygen atoms in total. The highest BCUT2D eigenvalue weighted by Crippen LogP contribution is 2.40.